The number of hydrogen-bond donors (Lipinski definition) is 1. The number of thiazole rings is 1. The molecule has 0 aromatic carbocycles. The summed E-state index contributed by atoms with van der Waals surface area (Å²) in [4.78, 5) is 16.5. The molecule has 0 unspecified atom stereocenters. The Morgan fingerprint density at radius 3 is 3.00 bits per heavy atom. The van der Waals surface area contributed by atoms with Gasteiger partial charge >= 0.3 is 0 Å². The molecule has 7 nitrogen and oxygen atoms in total. The van der Waals surface area contributed by atoms with E-state index in [2.05, 4.69) is 27.4 Å². The summed E-state index contributed by atoms with van der Waals surface area (Å²) < 4.78 is 3.65. The molecule has 3 rings (SSSR count). The highest BCUT2D eigenvalue weighted by Crippen LogP contribution is 2.16. The number of aromatic nitrogens is 5. The molecule has 0 saturated carbocycles. The van der Waals surface area contributed by atoms with Crippen LogP contribution in [-0.2, 0) is 31.4 Å². The van der Waals surface area contributed by atoms with Crippen molar-refractivity contribution in [3.63, 3.8) is 0 Å². The fraction of sp³-hybridized carbons (Fsp3) is 0.467. The Morgan fingerprint density at radius 2 is 2.26 bits per heavy atom. The number of fused-ring (bicyclic) bond motifs is 1. The van der Waals surface area contributed by atoms with E-state index in [0.717, 1.165) is 33.8 Å². The Kier molecular flexibility index (Phi) is 4.42. The van der Waals surface area contributed by atoms with Gasteiger partial charge in [-0.15, -0.1) is 11.3 Å². The summed E-state index contributed by atoms with van der Waals surface area (Å²) in [7, 11) is 1.90. The maximum atomic E-state index is 12.0. The number of amides is 1. The summed E-state index contributed by atoms with van der Waals surface area (Å²) >= 11 is 1.63. The quantitative estimate of drug-likeness (QED) is 0.747. The number of rotatable bonds is 6. The summed E-state index contributed by atoms with van der Waals surface area (Å²) in [6.45, 7) is 5.05. The maximum Gasteiger partial charge on any atom is 0.222 e. The van der Waals surface area contributed by atoms with Gasteiger partial charge in [0, 0.05) is 18.8 Å². The number of aryl methyl sites for hydroxylation is 4. The van der Waals surface area contributed by atoms with Gasteiger partial charge in [-0.3, -0.25) is 14.2 Å². The number of carbonyl (C=O) groups excluding carboxylic acids is 1. The van der Waals surface area contributed by atoms with Gasteiger partial charge in [-0.1, -0.05) is 6.92 Å². The molecular weight excluding hydrogens is 312 g/mol. The molecule has 3 aromatic heterocycles. The minimum atomic E-state index is 0.00115. The molecule has 1 amide bonds. The smallest absolute Gasteiger partial charge is 0.222 e. The summed E-state index contributed by atoms with van der Waals surface area (Å²) in [5.74, 6) is 0.00115. The number of nitrogens with zero attached hydrogens (tertiary/aromatic N) is 5. The van der Waals surface area contributed by atoms with Crippen LogP contribution < -0.4 is 5.32 Å². The van der Waals surface area contributed by atoms with Crippen molar-refractivity contribution in [2.45, 2.75) is 39.8 Å². The molecule has 0 aliphatic rings. The lowest BCUT2D eigenvalue weighted by Gasteiger charge is -2.04. The Balaban J connectivity index is 1.56. The first-order valence-electron chi connectivity index (χ1n) is 7.63. The van der Waals surface area contributed by atoms with Crippen LogP contribution in [0.3, 0.4) is 0 Å². The van der Waals surface area contributed by atoms with Crippen molar-refractivity contribution in [3.8, 4) is 0 Å². The third-order valence-electron chi connectivity index (χ3n) is 3.73. The molecule has 0 radical (unpaired) electrons. The SMILES string of the molecule is CCc1nc(CNC(=O)CCn2ncc3c2c(C)nn3C)cs1. The normalized spacial score (nSPS) is 11.3. The monoisotopic (exact) mass is 332 g/mol. The zero-order valence-corrected chi connectivity index (χ0v) is 14.4. The Morgan fingerprint density at radius 1 is 1.43 bits per heavy atom. The predicted molar refractivity (Wildman–Crippen MR) is 89.2 cm³/mol. The van der Waals surface area contributed by atoms with E-state index < -0.39 is 0 Å². The van der Waals surface area contributed by atoms with Crippen LogP contribution >= 0.6 is 11.3 Å². The van der Waals surface area contributed by atoms with Gasteiger partial charge in [0.15, 0.2) is 0 Å². The van der Waals surface area contributed by atoms with Crippen LogP contribution in [0.15, 0.2) is 11.6 Å². The molecule has 3 aromatic rings. The van der Waals surface area contributed by atoms with Crippen LogP contribution in [0, 0.1) is 6.92 Å². The first kappa shape index (κ1) is 15.7. The average Bonchev–Trinajstić information content (AvgIpc) is 3.22. The van der Waals surface area contributed by atoms with Crippen LogP contribution in [0.4, 0.5) is 0 Å². The van der Waals surface area contributed by atoms with E-state index in [1.165, 1.54) is 0 Å². The van der Waals surface area contributed by atoms with Crippen molar-refractivity contribution in [1.82, 2.24) is 29.9 Å². The second-order valence-corrected chi connectivity index (χ2v) is 6.37. The van der Waals surface area contributed by atoms with E-state index in [-0.39, 0.29) is 5.91 Å². The molecule has 3 heterocycles. The van der Waals surface area contributed by atoms with Gasteiger partial charge in [0.25, 0.3) is 0 Å². The molecule has 0 bridgehead atoms. The molecule has 23 heavy (non-hydrogen) atoms. The van der Waals surface area contributed by atoms with Gasteiger partial charge in [0.2, 0.25) is 5.91 Å². The zero-order valence-electron chi connectivity index (χ0n) is 13.5. The van der Waals surface area contributed by atoms with Crippen molar-refractivity contribution in [2.75, 3.05) is 0 Å². The van der Waals surface area contributed by atoms with Gasteiger partial charge in [-0.2, -0.15) is 10.2 Å². The Labute approximate surface area is 138 Å². The molecule has 0 atom stereocenters. The Bertz CT molecular complexity index is 830. The predicted octanol–water partition coefficient (Wildman–Crippen LogP) is 1.80. The lowest BCUT2D eigenvalue weighted by atomic mass is 10.3. The highest BCUT2D eigenvalue weighted by molar-refractivity contribution is 7.09. The molecule has 0 aliphatic carbocycles. The van der Waals surface area contributed by atoms with Crippen molar-refractivity contribution < 1.29 is 4.79 Å². The summed E-state index contributed by atoms with van der Waals surface area (Å²) in [5, 5.41) is 14.7. The first-order chi connectivity index (χ1) is 11.1. The molecular formula is C15H20N6OS. The van der Waals surface area contributed by atoms with E-state index >= 15 is 0 Å². The molecule has 8 heteroatoms. The lowest BCUT2D eigenvalue weighted by Crippen LogP contribution is -2.24. The van der Waals surface area contributed by atoms with E-state index in [1.807, 2.05) is 28.7 Å². The van der Waals surface area contributed by atoms with Gasteiger partial charge in [0.1, 0.15) is 11.0 Å². The van der Waals surface area contributed by atoms with Gasteiger partial charge in [0.05, 0.1) is 35.7 Å². The van der Waals surface area contributed by atoms with Crippen molar-refractivity contribution in [2.24, 2.45) is 7.05 Å². The molecule has 0 saturated heterocycles. The number of nitrogens with one attached hydrogen (secondary N) is 1. The molecule has 122 valence electrons. The minimum absolute atomic E-state index is 0.00115. The van der Waals surface area contributed by atoms with Crippen LogP contribution in [0.1, 0.15) is 29.7 Å². The van der Waals surface area contributed by atoms with Crippen LogP contribution in [0.25, 0.3) is 11.0 Å². The van der Waals surface area contributed by atoms with E-state index in [9.17, 15) is 4.79 Å². The molecule has 0 spiro atoms. The largest absolute Gasteiger partial charge is 0.350 e. The zero-order chi connectivity index (χ0) is 16.4. The average molecular weight is 332 g/mol. The Hall–Kier alpha value is -2.22. The first-order valence-corrected chi connectivity index (χ1v) is 8.51. The van der Waals surface area contributed by atoms with Gasteiger partial charge in [-0.25, -0.2) is 4.98 Å². The van der Waals surface area contributed by atoms with E-state index in [1.54, 1.807) is 17.5 Å². The summed E-state index contributed by atoms with van der Waals surface area (Å²) in [6.07, 6.45) is 3.10. The van der Waals surface area contributed by atoms with E-state index in [4.69, 9.17) is 0 Å². The second kappa shape index (κ2) is 6.49. The fourth-order valence-electron chi connectivity index (χ4n) is 2.56. The van der Waals surface area contributed by atoms with Crippen molar-refractivity contribution >= 4 is 28.3 Å². The molecule has 1 N–H and O–H groups in total. The highest BCUT2D eigenvalue weighted by atomic mass is 32.1. The lowest BCUT2D eigenvalue weighted by molar-refractivity contribution is -0.121. The second-order valence-electron chi connectivity index (χ2n) is 5.42. The fourth-order valence-corrected chi connectivity index (χ4v) is 3.30. The van der Waals surface area contributed by atoms with Crippen LogP contribution in [0.5, 0.6) is 0 Å². The number of carbonyl (C=O) groups is 1. The molecule has 0 aliphatic heterocycles. The number of hydrogen-bond acceptors (Lipinski definition) is 5. The maximum absolute atomic E-state index is 12.0. The third kappa shape index (κ3) is 3.26. The standard InChI is InChI=1S/C15H20N6OS/c1-4-14-18-11(9-23-14)7-16-13(22)5-6-21-15-10(2)19-20(3)12(15)8-17-21/h8-9H,4-7H2,1-3H3,(H,16,22). The van der Waals surface area contributed by atoms with Gasteiger partial charge < -0.3 is 5.32 Å². The minimum Gasteiger partial charge on any atom is -0.350 e. The van der Waals surface area contributed by atoms with Gasteiger partial charge in [-0.05, 0) is 13.3 Å². The topological polar surface area (TPSA) is 77.6 Å². The summed E-state index contributed by atoms with van der Waals surface area (Å²) in [5.41, 5.74) is 3.82. The van der Waals surface area contributed by atoms with Crippen molar-refractivity contribution in [1.29, 1.82) is 0 Å². The van der Waals surface area contributed by atoms with Crippen molar-refractivity contribution in [3.05, 3.63) is 28.0 Å². The molecule has 0 fully saturated rings. The highest BCUT2D eigenvalue weighted by Gasteiger charge is 2.12. The van der Waals surface area contributed by atoms with E-state index in [0.29, 0.717) is 19.5 Å². The summed E-state index contributed by atoms with van der Waals surface area (Å²) in [6, 6.07) is 0. The third-order valence-corrected chi connectivity index (χ3v) is 4.77. The van der Waals surface area contributed by atoms with Crippen LogP contribution in [-0.4, -0.2) is 30.5 Å². The van der Waals surface area contributed by atoms with Crippen LogP contribution in [0.2, 0.25) is 0 Å².